The van der Waals surface area contributed by atoms with Gasteiger partial charge < -0.3 is 11.1 Å². The molecule has 0 unspecified atom stereocenters. The van der Waals surface area contributed by atoms with E-state index in [1.165, 1.54) is 6.92 Å². The lowest BCUT2D eigenvalue weighted by Crippen LogP contribution is -2.52. The number of nitrogens with two attached hydrogens (primary N) is 2. The van der Waals surface area contributed by atoms with Crippen LogP contribution in [0, 0.1) is 0 Å². The van der Waals surface area contributed by atoms with Crippen LogP contribution in [-0.2, 0) is 9.59 Å². The molecule has 1 rings (SSSR count). The van der Waals surface area contributed by atoms with E-state index in [4.69, 9.17) is 11.6 Å². The zero-order valence-electron chi connectivity index (χ0n) is 10.5. The molecule has 7 heteroatoms. The quantitative estimate of drug-likeness (QED) is 0.366. The number of nitrogens with zero attached hydrogens (tertiary/aromatic N) is 1. The first kappa shape index (κ1) is 14.8. The number of hydrazine groups is 1. The van der Waals surface area contributed by atoms with Crippen LogP contribution in [0.4, 0.5) is 0 Å². The van der Waals surface area contributed by atoms with Crippen molar-refractivity contribution in [1.82, 2.24) is 10.3 Å². The SMILES string of the molecule is C[C@@H](N)C(=O)N(N)C(=O)CNC(=O)c1ccccc1. The Bertz CT molecular complexity index is 473. The summed E-state index contributed by atoms with van der Waals surface area (Å²) in [7, 11) is 0. The van der Waals surface area contributed by atoms with Crippen LogP contribution >= 0.6 is 0 Å². The van der Waals surface area contributed by atoms with Crippen molar-refractivity contribution in [3.05, 3.63) is 35.9 Å². The molecular weight excluding hydrogens is 248 g/mol. The second kappa shape index (κ2) is 6.62. The highest BCUT2D eigenvalue weighted by Gasteiger charge is 2.21. The van der Waals surface area contributed by atoms with Crippen LogP contribution in [0.1, 0.15) is 17.3 Å². The molecule has 3 amide bonds. The van der Waals surface area contributed by atoms with Gasteiger partial charge in [0.2, 0.25) is 0 Å². The molecule has 0 aliphatic heterocycles. The largest absolute Gasteiger partial charge is 0.343 e. The number of imide groups is 1. The molecule has 0 saturated heterocycles. The van der Waals surface area contributed by atoms with Crippen molar-refractivity contribution in [2.75, 3.05) is 6.54 Å². The lowest BCUT2D eigenvalue weighted by atomic mass is 10.2. The molecular formula is C12H16N4O3. The van der Waals surface area contributed by atoms with Crippen molar-refractivity contribution in [3.63, 3.8) is 0 Å². The molecule has 1 aromatic carbocycles. The Morgan fingerprint density at radius 3 is 2.37 bits per heavy atom. The third-order valence-corrected chi connectivity index (χ3v) is 2.33. The van der Waals surface area contributed by atoms with Gasteiger partial charge in [-0.1, -0.05) is 18.2 Å². The number of hydrogen-bond donors (Lipinski definition) is 3. The molecule has 0 aliphatic rings. The Labute approximate surface area is 110 Å². The highest BCUT2D eigenvalue weighted by molar-refractivity contribution is 6.00. The van der Waals surface area contributed by atoms with Crippen LogP contribution in [0.15, 0.2) is 30.3 Å². The third kappa shape index (κ3) is 4.16. The minimum absolute atomic E-state index is 0.372. The van der Waals surface area contributed by atoms with Crippen LogP contribution < -0.4 is 16.9 Å². The Morgan fingerprint density at radius 1 is 1.26 bits per heavy atom. The highest BCUT2D eigenvalue weighted by atomic mass is 16.2. The average Bonchev–Trinajstić information content (AvgIpc) is 2.43. The third-order valence-electron chi connectivity index (χ3n) is 2.33. The number of amides is 3. The second-order valence-corrected chi connectivity index (χ2v) is 3.94. The first-order chi connectivity index (χ1) is 8.93. The average molecular weight is 264 g/mol. The van der Waals surface area contributed by atoms with Crippen LogP contribution in [0.5, 0.6) is 0 Å². The molecule has 0 spiro atoms. The van der Waals surface area contributed by atoms with E-state index in [1.807, 2.05) is 0 Å². The lowest BCUT2D eigenvalue weighted by Gasteiger charge is -2.16. The molecule has 7 nitrogen and oxygen atoms in total. The van der Waals surface area contributed by atoms with Gasteiger partial charge in [-0.05, 0) is 19.1 Å². The molecule has 0 aromatic heterocycles. The fourth-order valence-electron chi connectivity index (χ4n) is 1.27. The van der Waals surface area contributed by atoms with E-state index >= 15 is 0 Å². The van der Waals surface area contributed by atoms with Crippen molar-refractivity contribution >= 4 is 17.7 Å². The lowest BCUT2D eigenvalue weighted by molar-refractivity contribution is -0.145. The summed E-state index contributed by atoms with van der Waals surface area (Å²) in [4.78, 5) is 34.5. The molecule has 0 saturated carbocycles. The maximum Gasteiger partial charge on any atom is 0.262 e. The van der Waals surface area contributed by atoms with Crippen molar-refractivity contribution in [2.45, 2.75) is 13.0 Å². The summed E-state index contributed by atoms with van der Waals surface area (Å²) in [5.41, 5.74) is 5.73. The van der Waals surface area contributed by atoms with Gasteiger partial charge >= 0.3 is 0 Å². The maximum absolute atomic E-state index is 11.6. The molecule has 1 atom stereocenters. The number of carbonyl (C=O) groups excluding carboxylic acids is 3. The fourth-order valence-corrected chi connectivity index (χ4v) is 1.27. The predicted octanol–water partition coefficient (Wildman–Crippen LogP) is -1.01. The minimum Gasteiger partial charge on any atom is -0.343 e. The molecule has 0 bridgehead atoms. The van der Waals surface area contributed by atoms with Crippen molar-refractivity contribution in [1.29, 1.82) is 0 Å². The van der Waals surface area contributed by atoms with Gasteiger partial charge in [0.1, 0.15) is 0 Å². The first-order valence-corrected chi connectivity index (χ1v) is 5.63. The Balaban J connectivity index is 2.51. The Morgan fingerprint density at radius 2 is 1.84 bits per heavy atom. The molecule has 19 heavy (non-hydrogen) atoms. The summed E-state index contributed by atoms with van der Waals surface area (Å²) in [5, 5.41) is 2.78. The van der Waals surface area contributed by atoms with E-state index in [0.717, 1.165) is 0 Å². The Hall–Kier alpha value is -2.25. The Kier molecular flexibility index (Phi) is 5.16. The molecule has 0 heterocycles. The van der Waals surface area contributed by atoms with E-state index < -0.39 is 23.8 Å². The first-order valence-electron chi connectivity index (χ1n) is 5.63. The van der Waals surface area contributed by atoms with Gasteiger partial charge in [0.15, 0.2) is 0 Å². The smallest absolute Gasteiger partial charge is 0.262 e. The number of nitrogens with one attached hydrogen (secondary N) is 1. The predicted molar refractivity (Wildman–Crippen MR) is 68.5 cm³/mol. The number of hydrogen-bond acceptors (Lipinski definition) is 5. The van der Waals surface area contributed by atoms with Crippen LogP contribution in [-0.4, -0.2) is 35.3 Å². The van der Waals surface area contributed by atoms with Crippen LogP contribution in [0.25, 0.3) is 0 Å². The second-order valence-electron chi connectivity index (χ2n) is 3.94. The highest BCUT2D eigenvalue weighted by Crippen LogP contribution is 1.97. The molecule has 1 aromatic rings. The van der Waals surface area contributed by atoms with Gasteiger partial charge in [-0.15, -0.1) is 0 Å². The van der Waals surface area contributed by atoms with Crippen molar-refractivity contribution in [3.8, 4) is 0 Å². The van der Waals surface area contributed by atoms with E-state index in [0.29, 0.717) is 10.6 Å². The van der Waals surface area contributed by atoms with Gasteiger partial charge in [-0.25, -0.2) is 10.9 Å². The van der Waals surface area contributed by atoms with Gasteiger partial charge in [-0.3, -0.25) is 14.4 Å². The monoisotopic (exact) mass is 264 g/mol. The van der Waals surface area contributed by atoms with Gasteiger partial charge in [0, 0.05) is 5.56 Å². The number of rotatable bonds is 4. The summed E-state index contributed by atoms with van der Waals surface area (Å²) >= 11 is 0. The summed E-state index contributed by atoms with van der Waals surface area (Å²) in [6.07, 6.45) is 0. The minimum atomic E-state index is -0.876. The topological polar surface area (TPSA) is 119 Å². The molecule has 0 fully saturated rings. The van der Waals surface area contributed by atoms with Gasteiger partial charge in [-0.2, -0.15) is 0 Å². The zero-order valence-corrected chi connectivity index (χ0v) is 10.5. The number of benzene rings is 1. The summed E-state index contributed by atoms with van der Waals surface area (Å²) in [6.45, 7) is 1.04. The van der Waals surface area contributed by atoms with E-state index in [1.54, 1.807) is 30.3 Å². The van der Waals surface area contributed by atoms with E-state index in [-0.39, 0.29) is 6.54 Å². The fraction of sp³-hybridized carbons (Fsp3) is 0.250. The molecule has 102 valence electrons. The zero-order chi connectivity index (χ0) is 14.4. The molecule has 5 N–H and O–H groups in total. The van der Waals surface area contributed by atoms with Gasteiger partial charge in [0.05, 0.1) is 12.6 Å². The van der Waals surface area contributed by atoms with Crippen LogP contribution in [0.3, 0.4) is 0 Å². The van der Waals surface area contributed by atoms with Crippen molar-refractivity contribution in [2.24, 2.45) is 11.6 Å². The van der Waals surface area contributed by atoms with E-state index in [9.17, 15) is 14.4 Å². The van der Waals surface area contributed by atoms with Crippen molar-refractivity contribution < 1.29 is 14.4 Å². The standard InChI is InChI=1S/C12H16N4O3/c1-8(13)12(19)16(14)10(17)7-15-11(18)9-5-3-2-4-6-9/h2-6,8H,7,13-14H2,1H3,(H,15,18)/t8-/m1/s1. The molecule has 0 radical (unpaired) electrons. The normalized spacial score (nSPS) is 11.5. The number of carbonyl (C=O) groups is 3. The van der Waals surface area contributed by atoms with Crippen LogP contribution in [0.2, 0.25) is 0 Å². The summed E-state index contributed by atoms with van der Waals surface area (Å²) < 4.78 is 0. The van der Waals surface area contributed by atoms with E-state index in [2.05, 4.69) is 5.32 Å². The summed E-state index contributed by atoms with van der Waals surface area (Å²) in [5.74, 6) is 3.43. The summed E-state index contributed by atoms with van der Waals surface area (Å²) in [6, 6.07) is 7.50. The van der Waals surface area contributed by atoms with Gasteiger partial charge in [0.25, 0.3) is 17.7 Å². The maximum atomic E-state index is 11.6. The molecule has 0 aliphatic carbocycles.